The molecular weight excluding hydrogens is 238 g/mol. The number of unbranched alkanes of at least 4 members (excludes halogenated alkanes) is 4. The predicted octanol–water partition coefficient (Wildman–Crippen LogP) is 3.72. The van der Waals surface area contributed by atoms with Crippen molar-refractivity contribution >= 4 is 11.7 Å². The molecule has 1 aliphatic heterocycles. The van der Waals surface area contributed by atoms with Crippen LogP contribution in [0.4, 0.5) is 5.69 Å². The number of nitrogens with zero attached hydrogens (tertiary/aromatic N) is 1. The number of anilines is 1. The van der Waals surface area contributed by atoms with Crippen molar-refractivity contribution in [3.63, 3.8) is 0 Å². The third kappa shape index (κ3) is 3.49. The van der Waals surface area contributed by atoms with Crippen molar-refractivity contribution in [2.24, 2.45) is 0 Å². The lowest BCUT2D eigenvalue weighted by Crippen LogP contribution is -2.21. The first-order valence-electron chi connectivity index (χ1n) is 7.33. The van der Waals surface area contributed by atoms with Gasteiger partial charge in [0.2, 0.25) is 0 Å². The SMILES string of the molecule is CCCCCCCN1CCc2ccc(C(=O)O)cc21. The van der Waals surface area contributed by atoms with E-state index in [-0.39, 0.29) is 0 Å². The summed E-state index contributed by atoms with van der Waals surface area (Å²) in [6.07, 6.45) is 7.43. The van der Waals surface area contributed by atoms with Gasteiger partial charge in [0, 0.05) is 18.8 Å². The van der Waals surface area contributed by atoms with Gasteiger partial charge in [-0.2, -0.15) is 0 Å². The van der Waals surface area contributed by atoms with Crippen LogP contribution in [0.2, 0.25) is 0 Å². The second kappa shape index (κ2) is 6.60. The molecule has 104 valence electrons. The molecule has 3 heteroatoms. The molecule has 0 amide bonds. The van der Waals surface area contributed by atoms with Crippen LogP contribution in [0.25, 0.3) is 0 Å². The second-order valence-electron chi connectivity index (χ2n) is 5.30. The highest BCUT2D eigenvalue weighted by atomic mass is 16.4. The van der Waals surface area contributed by atoms with E-state index in [1.54, 1.807) is 6.07 Å². The predicted molar refractivity (Wildman–Crippen MR) is 78.1 cm³/mol. The van der Waals surface area contributed by atoms with Gasteiger partial charge in [-0.25, -0.2) is 4.79 Å². The molecule has 0 saturated carbocycles. The zero-order valence-corrected chi connectivity index (χ0v) is 11.7. The summed E-state index contributed by atoms with van der Waals surface area (Å²) in [7, 11) is 0. The van der Waals surface area contributed by atoms with Crippen LogP contribution in [0.15, 0.2) is 18.2 Å². The van der Waals surface area contributed by atoms with Crippen LogP contribution >= 0.6 is 0 Å². The number of fused-ring (bicyclic) bond motifs is 1. The molecule has 0 atom stereocenters. The first kappa shape index (κ1) is 13.9. The van der Waals surface area contributed by atoms with Crippen LogP contribution in [-0.4, -0.2) is 24.2 Å². The Bertz CT molecular complexity index is 442. The van der Waals surface area contributed by atoms with Crippen LogP contribution in [0, 0.1) is 0 Å². The van der Waals surface area contributed by atoms with Gasteiger partial charge in [0.15, 0.2) is 0 Å². The maximum Gasteiger partial charge on any atom is 0.335 e. The van der Waals surface area contributed by atoms with Crippen molar-refractivity contribution in [1.82, 2.24) is 0 Å². The summed E-state index contributed by atoms with van der Waals surface area (Å²) in [5.41, 5.74) is 2.82. The van der Waals surface area contributed by atoms with Gasteiger partial charge in [0.05, 0.1) is 5.56 Å². The molecule has 0 radical (unpaired) electrons. The monoisotopic (exact) mass is 261 g/mol. The molecule has 0 fully saturated rings. The minimum atomic E-state index is -0.836. The highest BCUT2D eigenvalue weighted by Crippen LogP contribution is 2.29. The maximum absolute atomic E-state index is 11.0. The molecule has 2 rings (SSSR count). The Morgan fingerprint density at radius 1 is 1.26 bits per heavy atom. The van der Waals surface area contributed by atoms with Crippen molar-refractivity contribution < 1.29 is 9.90 Å². The average molecular weight is 261 g/mol. The normalized spacial score (nSPS) is 13.6. The van der Waals surface area contributed by atoms with Crippen molar-refractivity contribution in [2.45, 2.75) is 45.4 Å². The van der Waals surface area contributed by atoms with E-state index in [0.29, 0.717) is 5.56 Å². The van der Waals surface area contributed by atoms with Crippen LogP contribution in [-0.2, 0) is 6.42 Å². The van der Waals surface area contributed by atoms with Gasteiger partial charge in [0.1, 0.15) is 0 Å². The van der Waals surface area contributed by atoms with Crippen molar-refractivity contribution in [3.8, 4) is 0 Å². The second-order valence-corrected chi connectivity index (χ2v) is 5.30. The van der Waals surface area contributed by atoms with Gasteiger partial charge < -0.3 is 10.0 Å². The lowest BCUT2D eigenvalue weighted by atomic mass is 10.1. The van der Waals surface area contributed by atoms with E-state index >= 15 is 0 Å². The minimum Gasteiger partial charge on any atom is -0.478 e. The van der Waals surface area contributed by atoms with Gasteiger partial charge in [-0.1, -0.05) is 38.7 Å². The first-order chi connectivity index (χ1) is 9.22. The Labute approximate surface area is 115 Å². The van der Waals surface area contributed by atoms with Crippen LogP contribution < -0.4 is 4.90 Å². The van der Waals surface area contributed by atoms with Gasteiger partial charge in [-0.15, -0.1) is 0 Å². The molecule has 1 aliphatic rings. The van der Waals surface area contributed by atoms with E-state index < -0.39 is 5.97 Å². The zero-order valence-electron chi connectivity index (χ0n) is 11.7. The molecule has 1 N–H and O–H groups in total. The van der Waals surface area contributed by atoms with E-state index in [4.69, 9.17) is 5.11 Å². The van der Waals surface area contributed by atoms with E-state index in [0.717, 1.165) is 25.2 Å². The van der Waals surface area contributed by atoms with E-state index in [1.165, 1.54) is 37.7 Å². The highest BCUT2D eigenvalue weighted by molar-refractivity contribution is 5.89. The van der Waals surface area contributed by atoms with Crippen molar-refractivity contribution in [2.75, 3.05) is 18.0 Å². The molecule has 19 heavy (non-hydrogen) atoms. The average Bonchev–Trinajstić information content (AvgIpc) is 2.81. The lowest BCUT2D eigenvalue weighted by Gasteiger charge is -2.19. The first-order valence-corrected chi connectivity index (χ1v) is 7.33. The summed E-state index contributed by atoms with van der Waals surface area (Å²) >= 11 is 0. The molecule has 0 spiro atoms. The molecule has 1 aromatic carbocycles. The van der Waals surface area contributed by atoms with Gasteiger partial charge in [0.25, 0.3) is 0 Å². The summed E-state index contributed by atoms with van der Waals surface area (Å²) < 4.78 is 0. The molecule has 1 heterocycles. The molecule has 1 aromatic rings. The standard InChI is InChI=1S/C16H23NO2/c1-2-3-4-5-6-10-17-11-9-13-7-8-14(16(18)19)12-15(13)17/h7-8,12H,2-6,9-11H2,1H3,(H,18,19). The number of carboxylic acids is 1. The van der Waals surface area contributed by atoms with Gasteiger partial charge >= 0.3 is 5.97 Å². The minimum absolute atomic E-state index is 0.400. The van der Waals surface area contributed by atoms with Gasteiger partial charge in [-0.05, 0) is 30.5 Å². The number of rotatable bonds is 7. The third-order valence-corrected chi connectivity index (χ3v) is 3.86. The largest absolute Gasteiger partial charge is 0.478 e. The number of hydrogen-bond acceptors (Lipinski definition) is 2. The molecule has 0 unspecified atom stereocenters. The molecule has 0 saturated heterocycles. The highest BCUT2D eigenvalue weighted by Gasteiger charge is 2.19. The fourth-order valence-electron chi connectivity index (χ4n) is 2.72. The molecule has 3 nitrogen and oxygen atoms in total. The molecular formula is C16H23NO2. The Morgan fingerprint density at radius 3 is 2.79 bits per heavy atom. The lowest BCUT2D eigenvalue weighted by molar-refractivity contribution is 0.0697. The fraction of sp³-hybridized carbons (Fsp3) is 0.562. The fourth-order valence-corrected chi connectivity index (χ4v) is 2.72. The van der Waals surface area contributed by atoms with Crippen molar-refractivity contribution in [3.05, 3.63) is 29.3 Å². The Morgan fingerprint density at radius 2 is 2.05 bits per heavy atom. The Kier molecular flexibility index (Phi) is 4.83. The summed E-state index contributed by atoms with van der Waals surface area (Å²) in [5, 5.41) is 9.06. The van der Waals surface area contributed by atoms with Crippen LogP contribution in [0.5, 0.6) is 0 Å². The van der Waals surface area contributed by atoms with Crippen LogP contribution in [0.3, 0.4) is 0 Å². The maximum atomic E-state index is 11.0. The third-order valence-electron chi connectivity index (χ3n) is 3.86. The van der Waals surface area contributed by atoms with Gasteiger partial charge in [-0.3, -0.25) is 0 Å². The molecule has 0 aliphatic carbocycles. The summed E-state index contributed by atoms with van der Waals surface area (Å²) in [6, 6.07) is 5.51. The number of benzene rings is 1. The Hall–Kier alpha value is -1.51. The summed E-state index contributed by atoms with van der Waals surface area (Å²) in [6.45, 7) is 4.32. The van der Waals surface area contributed by atoms with E-state index in [2.05, 4.69) is 11.8 Å². The molecule has 0 aromatic heterocycles. The van der Waals surface area contributed by atoms with Crippen molar-refractivity contribution in [1.29, 1.82) is 0 Å². The van der Waals surface area contributed by atoms with E-state index in [1.807, 2.05) is 12.1 Å². The zero-order chi connectivity index (χ0) is 13.7. The number of carboxylic acid groups (broad SMARTS) is 1. The number of hydrogen-bond donors (Lipinski definition) is 1. The number of carbonyl (C=O) groups is 1. The smallest absolute Gasteiger partial charge is 0.335 e. The topological polar surface area (TPSA) is 40.5 Å². The number of aromatic carboxylic acids is 1. The quantitative estimate of drug-likeness (QED) is 0.760. The van der Waals surface area contributed by atoms with Crippen LogP contribution in [0.1, 0.15) is 54.9 Å². The molecule has 0 bridgehead atoms. The Balaban J connectivity index is 1.92. The summed E-state index contributed by atoms with van der Waals surface area (Å²) in [5.74, 6) is -0.836. The van der Waals surface area contributed by atoms with E-state index in [9.17, 15) is 4.79 Å². The summed E-state index contributed by atoms with van der Waals surface area (Å²) in [4.78, 5) is 13.4.